The van der Waals surface area contributed by atoms with E-state index in [1.54, 1.807) is 6.08 Å². The van der Waals surface area contributed by atoms with E-state index in [0.29, 0.717) is 6.42 Å². The van der Waals surface area contributed by atoms with Crippen LogP contribution in [-0.2, 0) is 0 Å². The number of aliphatic hydroxyl groups is 1. The summed E-state index contributed by atoms with van der Waals surface area (Å²) in [7, 11) is -1.11. The van der Waals surface area contributed by atoms with E-state index < -0.39 is 8.07 Å². The number of rotatable bonds is 5. The molecule has 0 aliphatic carbocycles. The fourth-order valence-electron chi connectivity index (χ4n) is 1.12. The summed E-state index contributed by atoms with van der Waals surface area (Å²) in [6.45, 7) is 14.3. The van der Waals surface area contributed by atoms with Gasteiger partial charge in [-0.05, 0) is 12.5 Å². The van der Waals surface area contributed by atoms with E-state index in [2.05, 4.69) is 32.8 Å². The molecule has 0 amide bonds. The standard InChI is InChI=1S/C10H20OSi/c1-6-7-10(11)9(2)8-12(3,4)5/h6,10-11H,1-2,7-8H2,3-5H3/t10-/m0/s1. The van der Waals surface area contributed by atoms with Gasteiger partial charge in [-0.25, -0.2) is 0 Å². The molecule has 0 aliphatic heterocycles. The second kappa shape index (κ2) is 4.63. The first-order valence-corrected chi connectivity index (χ1v) is 8.04. The Balaban J connectivity index is 3.95. The van der Waals surface area contributed by atoms with Crippen molar-refractivity contribution in [3.8, 4) is 0 Å². The molecular formula is C10H20OSi. The van der Waals surface area contributed by atoms with Crippen LogP contribution in [-0.4, -0.2) is 19.3 Å². The zero-order valence-electron chi connectivity index (χ0n) is 8.43. The van der Waals surface area contributed by atoms with Crippen molar-refractivity contribution in [1.29, 1.82) is 0 Å². The zero-order valence-corrected chi connectivity index (χ0v) is 9.43. The van der Waals surface area contributed by atoms with E-state index in [-0.39, 0.29) is 6.10 Å². The molecule has 1 nitrogen and oxygen atoms in total. The highest BCUT2D eigenvalue weighted by atomic mass is 28.3. The van der Waals surface area contributed by atoms with Crippen LogP contribution in [0.5, 0.6) is 0 Å². The topological polar surface area (TPSA) is 20.2 Å². The Bertz CT molecular complexity index is 167. The molecule has 0 unspecified atom stereocenters. The van der Waals surface area contributed by atoms with Crippen LogP contribution in [0.3, 0.4) is 0 Å². The van der Waals surface area contributed by atoms with Gasteiger partial charge in [0.1, 0.15) is 0 Å². The summed E-state index contributed by atoms with van der Waals surface area (Å²) in [6, 6.07) is 1.00. The molecule has 12 heavy (non-hydrogen) atoms. The Morgan fingerprint density at radius 1 is 1.50 bits per heavy atom. The third-order valence-corrected chi connectivity index (χ3v) is 3.13. The Kier molecular flexibility index (Phi) is 4.49. The van der Waals surface area contributed by atoms with Crippen LogP contribution in [0, 0.1) is 0 Å². The van der Waals surface area contributed by atoms with Crippen LogP contribution in [0.2, 0.25) is 25.7 Å². The van der Waals surface area contributed by atoms with Crippen molar-refractivity contribution in [3.05, 3.63) is 24.8 Å². The minimum absolute atomic E-state index is 0.380. The zero-order chi connectivity index (χ0) is 9.78. The van der Waals surface area contributed by atoms with Gasteiger partial charge in [0, 0.05) is 8.07 Å². The minimum atomic E-state index is -1.11. The summed E-state index contributed by atoms with van der Waals surface area (Å²) >= 11 is 0. The Labute approximate surface area is 76.8 Å². The second-order valence-corrected chi connectivity index (χ2v) is 9.91. The van der Waals surface area contributed by atoms with Gasteiger partial charge in [-0.1, -0.05) is 37.9 Å². The molecule has 0 aliphatic rings. The van der Waals surface area contributed by atoms with Gasteiger partial charge in [0.15, 0.2) is 0 Å². The molecule has 0 rings (SSSR count). The maximum atomic E-state index is 9.53. The predicted molar refractivity (Wildman–Crippen MR) is 58.1 cm³/mol. The van der Waals surface area contributed by atoms with Gasteiger partial charge in [-0.2, -0.15) is 0 Å². The van der Waals surface area contributed by atoms with Crippen molar-refractivity contribution in [2.75, 3.05) is 0 Å². The van der Waals surface area contributed by atoms with E-state index in [1.807, 2.05) is 0 Å². The maximum absolute atomic E-state index is 9.53. The lowest BCUT2D eigenvalue weighted by atomic mass is 10.1. The third kappa shape index (κ3) is 5.33. The highest BCUT2D eigenvalue weighted by Crippen LogP contribution is 2.18. The molecule has 0 saturated heterocycles. The van der Waals surface area contributed by atoms with Crippen molar-refractivity contribution in [1.82, 2.24) is 0 Å². The van der Waals surface area contributed by atoms with Crippen LogP contribution in [0.4, 0.5) is 0 Å². The molecule has 0 heterocycles. The van der Waals surface area contributed by atoms with Crippen LogP contribution in [0.1, 0.15) is 6.42 Å². The van der Waals surface area contributed by atoms with Crippen molar-refractivity contribution in [2.45, 2.75) is 38.2 Å². The Morgan fingerprint density at radius 3 is 2.33 bits per heavy atom. The van der Waals surface area contributed by atoms with E-state index >= 15 is 0 Å². The van der Waals surface area contributed by atoms with Gasteiger partial charge in [-0.3, -0.25) is 0 Å². The molecule has 0 radical (unpaired) electrons. The van der Waals surface area contributed by atoms with Crippen molar-refractivity contribution >= 4 is 8.07 Å². The second-order valence-electron chi connectivity index (χ2n) is 4.44. The fraction of sp³-hybridized carbons (Fsp3) is 0.600. The summed E-state index contributed by atoms with van der Waals surface area (Å²) in [5.74, 6) is 0. The number of hydrogen-bond donors (Lipinski definition) is 1. The quantitative estimate of drug-likeness (QED) is 0.514. The summed E-state index contributed by atoms with van der Waals surface area (Å²) in [5, 5.41) is 9.53. The van der Waals surface area contributed by atoms with E-state index in [4.69, 9.17) is 0 Å². The Morgan fingerprint density at radius 2 is 2.00 bits per heavy atom. The van der Waals surface area contributed by atoms with Crippen molar-refractivity contribution in [3.63, 3.8) is 0 Å². The summed E-state index contributed by atoms with van der Waals surface area (Å²) in [6.07, 6.45) is 1.98. The average Bonchev–Trinajstić information content (AvgIpc) is 1.84. The van der Waals surface area contributed by atoms with Gasteiger partial charge in [-0.15, -0.1) is 6.58 Å². The Hall–Kier alpha value is -0.343. The van der Waals surface area contributed by atoms with E-state index in [1.165, 1.54) is 0 Å². The predicted octanol–water partition coefficient (Wildman–Crippen LogP) is 2.82. The number of aliphatic hydroxyl groups excluding tert-OH is 1. The molecule has 0 bridgehead atoms. The fourth-order valence-corrected chi connectivity index (χ4v) is 2.72. The molecular weight excluding hydrogens is 164 g/mol. The van der Waals surface area contributed by atoms with Crippen LogP contribution in [0.25, 0.3) is 0 Å². The molecule has 1 N–H and O–H groups in total. The molecule has 1 atom stereocenters. The average molecular weight is 184 g/mol. The summed E-state index contributed by atoms with van der Waals surface area (Å²) < 4.78 is 0. The van der Waals surface area contributed by atoms with Gasteiger partial charge in [0.2, 0.25) is 0 Å². The summed E-state index contributed by atoms with van der Waals surface area (Å²) in [5.41, 5.74) is 0.967. The van der Waals surface area contributed by atoms with E-state index in [0.717, 1.165) is 11.6 Å². The smallest absolute Gasteiger partial charge is 0.0779 e. The lowest BCUT2D eigenvalue weighted by Gasteiger charge is -2.20. The first-order valence-electron chi connectivity index (χ1n) is 4.33. The highest BCUT2D eigenvalue weighted by molar-refractivity contribution is 6.76. The highest BCUT2D eigenvalue weighted by Gasteiger charge is 2.17. The lowest BCUT2D eigenvalue weighted by Crippen LogP contribution is -2.23. The van der Waals surface area contributed by atoms with E-state index in [9.17, 15) is 5.11 Å². The molecule has 0 aromatic rings. The van der Waals surface area contributed by atoms with Crippen LogP contribution < -0.4 is 0 Å². The third-order valence-electron chi connectivity index (χ3n) is 1.62. The van der Waals surface area contributed by atoms with Gasteiger partial charge in [0.25, 0.3) is 0 Å². The summed E-state index contributed by atoms with van der Waals surface area (Å²) in [4.78, 5) is 0. The largest absolute Gasteiger partial charge is 0.388 e. The van der Waals surface area contributed by atoms with Gasteiger partial charge >= 0.3 is 0 Å². The minimum Gasteiger partial charge on any atom is -0.388 e. The molecule has 0 fully saturated rings. The number of hydrogen-bond acceptors (Lipinski definition) is 1. The van der Waals surface area contributed by atoms with Crippen LogP contribution in [0.15, 0.2) is 24.8 Å². The van der Waals surface area contributed by atoms with Crippen molar-refractivity contribution < 1.29 is 5.11 Å². The molecule has 0 aromatic carbocycles. The first-order chi connectivity index (χ1) is 5.37. The molecule has 0 aromatic heterocycles. The maximum Gasteiger partial charge on any atom is 0.0779 e. The SMILES string of the molecule is C=CC[C@H](O)C(=C)C[Si](C)(C)C. The molecule has 70 valence electrons. The van der Waals surface area contributed by atoms with Crippen LogP contribution >= 0.6 is 0 Å². The van der Waals surface area contributed by atoms with Crippen molar-refractivity contribution in [2.24, 2.45) is 0 Å². The lowest BCUT2D eigenvalue weighted by molar-refractivity contribution is 0.215. The molecule has 0 saturated carbocycles. The van der Waals surface area contributed by atoms with Gasteiger partial charge in [0.05, 0.1) is 6.10 Å². The normalized spacial score (nSPS) is 14.0. The monoisotopic (exact) mass is 184 g/mol. The molecule has 0 spiro atoms. The van der Waals surface area contributed by atoms with Gasteiger partial charge < -0.3 is 5.11 Å². The first kappa shape index (κ1) is 11.7. The molecule has 2 heteroatoms.